The number of benzene rings is 2. The van der Waals surface area contributed by atoms with Crippen LogP contribution in [0.3, 0.4) is 0 Å². The van der Waals surface area contributed by atoms with Gasteiger partial charge in [0.2, 0.25) is 0 Å². The summed E-state index contributed by atoms with van der Waals surface area (Å²) in [4.78, 5) is 2.29. The van der Waals surface area contributed by atoms with Gasteiger partial charge in [-0.2, -0.15) is 8.42 Å². The molecule has 2 saturated heterocycles. The van der Waals surface area contributed by atoms with E-state index in [-0.39, 0.29) is 4.90 Å². The minimum atomic E-state index is -4.02. The summed E-state index contributed by atoms with van der Waals surface area (Å²) in [6.45, 7) is 6.32. The van der Waals surface area contributed by atoms with Gasteiger partial charge in [-0.15, -0.1) is 0 Å². The number of aromatic nitrogens is 1. The molecule has 30 heavy (non-hydrogen) atoms. The lowest BCUT2D eigenvalue weighted by atomic mass is 10.0. The van der Waals surface area contributed by atoms with Crippen molar-refractivity contribution in [3.05, 3.63) is 66.2 Å². The lowest BCUT2D eigenvalue weighted by molar-refractivity contribution is 0.431. The van der Waals surface area contributed by atoms with Gasteiger partial charge in [-0.1, -0.05) is 53.2 Å². The van der Waals surface area contributed by atoms with Crippen molar-refractivity contribution in [3.63, 3.8) is 0 Å². The summed E-state index contributed by atoms with van der Waals surface area (Å²) in [5.41, 5.74) is 2.04. The summed E-state index contributed by atoms with van der Waals surface area (Å²) in [5.74, 6) is 3.38. The fourth-order valence-corrected chi connectivity index (χ4v) is 4.39. The highest BCUT2D eigenvalue weighted by Gasteiger charge is 2.37. The van der Waals surface area contributed by atoms with Crippen molar-refractivity contribution in [3.8, 4) is 11.3 Å². The van der Waals surface area contributed by atoms with E-state index in [0.717, 1.165) is 60.7 Å². The van der Waals surface area contributed by atoms with Crippen molar-refractivity contribution in [2.24, 2.45) is 11.8 Å². The molecule has 2 aliphatic heterocycles. The van der Waals surface area contributed by atoms with Crippen LogP contribution in [0.4, 0.5) is 5.82 Å². The minimum absolute atomic E-state index is 0.0666. The smallest absolute Gasteiger partial charge is 0.294 e. The molecular formula is C22H25N3O4S. The quantitative estimate of drug-likeness (QED) is 0.620. The van der Waals surface area contributed by atoms with Crippen LogP contribution in [0.15, 0.2) is 70.1 Å². The predicted octanol–water partition coefficient (Wildman–Crippen LogP) is 3.24. The van der Waals surface area contributed by atoms with E-state index in [4.69, 9.17) is 9.08 Å². The number of nitrogens with zero attached hydrogens (tertiary/aromatic N) is 2. The molecule has 2 aliphatic rings. The monoisotopic (exact) mass is 427 g/mol. The number of nitrogens with one attached hydrogen (secondary N) is 1. The minimum Gasteiger partial charge on any atom is -0.354 e. The highest BCUT2D eigenvalue weighted by molar-refractivity contribution is 7.85. The summed E-state index contributed by atoms with van der Waals surface area (Å²) < 4.78 is 35.0. The molecule has 7 nitrogen and oxygen atoms in total. The van der Waals surface area contributed by atoms with Gasteiger partial charge in [-0.05, 0) is 30.9 Å². The van der Waals surface area contributed by atoms with Crippen molar-refractivity contribution in [1.82, 2.24) is 10.5 Å². The predicted molar refractivity (Wildman–Crippen MR) is 115 cm³/mol. The summed E-state index contributed by atoms with van der Waals surface area (Å²) in [5, 5.41) is 7.69. The maximum Gasteiger partial charge on any atom is 0.294 e. The van der Waals surface area contributed by atoms with Gasteiger partial charge in [0, 0.05) is 37.8 Å². The maximum atomic E-state index is 10.5. The van der Waals surface area contributed by atoms with E-state index < -0.39 is 10.1 Å². The Morgan fingerprint density at radius 3 is 2.27 bits per heavy atom. The Balaban J connectivity index is 0.000000170. The summed E-state index contributed by atoms with van der Waals surface area (Å²) in [7, 11) is -4.02. The van der Waals surface area contributed by atoms with Gasteiger partial charge in [0.1, 0.15) is 0 Å². The van der Waals surface area contributed by atoms with Crippen LogP contribution in [0.2, 0.25) is 0 Å². The van der Waals surface area contributed by atoms with Crippen LogP contribution in [-0.2, 0) is 10.1 Å². The number of anilines is 1. The maximum absolute atomic E-state index is 10.5. The fourth-order valence-electron chi connectivity index (χ4n) is 3.91. The fraction of sp³-hybridized carbons (Fsp3) is 0.318. The Morgan fingerprint density at radius 1 is 1.03 bits per heavy atom. The molecule has 3 aromatic rings. The molecule has 1 aromatic heterocycles. The third-order valence-corrected chi connectivity index (χ3v) is 6.46. The Kier molecular flexibility index (Phi) is 5.90. The Morgan fingerprint density at radius 2 is 1.67 bits per heavy atom. The lowest BCUT2D eigenvalue weighted by Gasteiger charge is -2.14. The van der Waals surface area contributed by atoms with E-state index in [1.165, 1.54) is 12.1 Å². The Labute approximate surface area is 176 Å². The first-order chi connectivity index (χ1) is 14.4. The summed E-state index contributed by atoms with van der Waals surface area (Å²) in [6, 6.07) is 18.2. The van der Waals surface area contributed by atoms with Crippen LogP contribution in [0.5, 0.6) is 0 Å². The topological polar surface area (TPSA) is 95.7 Å². The van der Waals surface area contributed by atoms with Gasteiger partial charge >= 0.3 is 0 Å². The molecule has 2 aromatic carbocycles. The van der Waals surface area contributed by atoms with Gasteiger partial charge < -0.3 is 14.7 Å². The van der Waals surface area contributed by atoms with Crippen LogP contribution < -0.4 is 10.2 Å². The average Bonchev–Trinajstić information content (AvgIpc) is 3.45. The summed E-state index contributed by atoms with van der Waals surface area (Å²) >= 11 is 0. The number of rotatable bonds is 3. The molecule has 5 rings (SSSR count). The molecule has 0 radical (unpaired) electrons. The molecule has 158 valence electrons. The second kappa shape index (κ2) is 8.59. The molecule has 0 spiro atoms. The van der Waals surface area contributed by atoms with Crippen molar-refractivity contribution in [1.29, 1.82) is 0 Å². The van der Waals surface area contributed by atoms with E-state index in [0.29, 0.717) is 0 Å². The SMILES string of the molecule is Cc1ccc(S(=O)(=O)O)cc1.c1ccc(-c2cc(N3CC4CNCC4C3)no2)cc1. The Hall–Kier alpha value is -2.68. The normalized spacial score (nSPS) is 20.5. The van der Waals surface area contributed by atoms with Crippen LogP contribution >= 0.6 is 0 Å². The largest absolute Gasteiger partial charge is 0.354 e. The first-order valence-electron chi connectivity index (χ1n) is 9.92. The zero-order valence-electron chi connectivity index (χ0n) is 16.7. The number of fused-ring (bicyclic) bond motifs is 1. The summed E-state index contributed by atoms with van der Waals surface area (Å²) in [6.07, 6.45) is 0. The van der Waals surface area contributed by atoms with Crippen LogP contribution in [-0.4, -0.2) is 44.3 Å². The molecule has 2 N–H and O–H groups in total. The van der Waals surface area contributed by atoms with E-state index in [1.807, 2.05) is 37.3 Å². The van der Waals surface area contributed by atoms with Crippen molar-refractivity contribution in [2.45, 2.75) is 11.8 Å². The zero-order valence-corrected chi connectivity index (χ0v) is 17.5. The average molecular weight is 428 g/mol. The first-order valence-corrected chi connectivity index (χ1v) is 11.4. The zero-order chi connectivity index (χ0) is 21.1. The van der Waals surface area contributed by atoms with E-state index >= 15 is 0 Å². The van der Waals surface area contributed by atoms with Gasteiger partial charge in [0.25, 0.3) is 10.1 Å². The first kappa shape index (κ1) is 20.6. The van der Waals surface area contributed by atoms with Gasteiger partial charge in [-0.3, -0.25) is 4.55 Å². The Bertz CT molecular complexity index is 1070. The van der Waals surface area contributed by atoms with Crippen LogP contribution in [0.25, 0.3) is 11.3 Å². The van der Waals surface area contributed by atoms with Gasteiger partial charge in [0.05, 0.1) is 4.90 Å². The van der Waals surface area contributed by atoms with E-state index in [9.17, 15) is 8.42 Å². The van der Waals surface area contributed by atoms with Gasteiger partial charge in [0.15, 0.2) is 11.6 Å². The van der Waals surface area contributed by atoms with Crippen molar-refractivity contribution in [2.75, 3.05) is 31.1 Å². The second-order valence-electron chi connectivity index (χ2n) is 7.79. The van der Waals surface area contributed by atoms with Crippen LogP contribution in [0.1, 0.15) is 5.56 Å². The standard InChI is InChI=1S/C15H17N3O.C7H8O3S/c1-2-4-11(5-3-1)14-6-15(17-19-14)18-9-12-7-16-8-13(12)10-18;1-6-2-4-7(5-3-6)11(8,9)10/h1-6,12-13,16H,7-10H2;2-5H,1H3,(H,8,9,10). The molecule has 0 saturated carbocycles. The molecule has 2 unspecified atom stereocenters. The highest BCUT2D eigenvalue weighted by Crippen LogP contribution is 2.32. The van der Waals surface area contributed by atoms with E-state index in [2.05, 4.69) is 21.4 Å². The van der Waals surface area contributed by atoms with Gasteiger partial charge in [-0.25, -0.2) is 0 Å². The number of aryl methyl sites for hydroxylation is 1. The molecule has 2 fully saturated rings. The van der Waals surface area contributed by atoms with Crippen molar-refractivity contribution >= 4 is 15.9 Å². The van der Waals surface area contributed by atoms with E-state index in [1.54, 1.807) is 12.1 Å². The molecule has 2 atom stereocenters. The molecular weight excluding hydrogens is 402 g/mol. The molecule has 0 aliphatic carbocycles. The number of hydrogen-bond donors (Lipinski definition) is 2. The molecule has 8 heteroatoms. The molecule has 0 amide bonds. The van der Waals surface area contributed by atoms with Crippen molar-refractivity contribution < 1.29 is 17.5 Å². The van der Waals surface area contributed by atoms with Crippen LogP contribution in [0, 0.1) is 18.8 Å². The third-order valence-electron chi connectivity index (χ3n) is 5.59. The third kappa shape index (κ3) is 4.72. The number of hydrogen-bond acceptors (Lipinski definition) is 6. The lowest BCUT2D eigenvalue weighted by Crippen LogP contribution is -2.25. The molecule has 0 bridgehead atoms. The highest BCUT2D eigenvalue weighted by atomic mass is 32.2. The second-order valence-corrected chi connectivity index (χ2v) is 9.21. The molecule has 3 heterocycles.